The Balaban J connectivity index is 2.51. The standard InChI is InChI=1S/C12H14O3S/c1-3-12(15-16(2,13)14)10-9-11-7-5-4-6-8-11/h1,4-8,12H,9-10H2,2H3. The van der Waals surface area contributed by atoms with Gasteiger partial charge < -0.3 is 0 Å². The Morgan fingerprint density at radius 3 is 2.50 bits per heavy atom. The molecule has 0 amide bonds. The van der Waals surface area contributed by atoms with Gasteiger partial charge in [-0.2, -0.15) is 8.42 Å². The molecule has 1 rings (SSSR count). The Bertz CT molecular complexity index is 457. The first kappa shape index (κ1) is 12.8. The van der Waals surface area contributed by atoms with Gasteiger partial charge in [0.1, 0.15) is 6.10 Å². The third kappa shape index (κ3) is 4.96. The molecule has 1 unspecified atom stereocenters. The van der Waals surface area contributed by atoms with Crippen LogP contribution in [0.15, 0.2) is 30.3 Å². The molecule has 0 saturated carbocycles. The van der Waals surface area contributed by atoms with Crippen LogP contribution in [0.5, 0.6) is 0 Å². The molecule has 16 heavy (non-hydrogen) atoms. The number of hydrogen-bond acceptors (Lipinski definition) is 3. The molecule has 0 fully saturated rings. The topological polar surface area (TPSA) is 43.4 Å². The minimum absolute atomic E-state index is 0.494. The predicted octanol–water partition coefficient (Wildman–Crippen LogP) is 1.60. The summed E-state index contributed by atoms with van der Waals surface area (Å²) in [5, 5.41) is 0. The van der Waals surface area contributed by atoms with Gasteiger partial charge in [-0.3, -0.25) is 4.18 Å². The quantitative estimate of drug-likeness (QED) is 0.578. The lowest BCUT2D eigenvalue weighted by atomic mass is 10.1. The average Bonchev–Trinajstić information content (AvgIpc) is 2.24. The highest BCUT2D eigenvalue weighted by molar-refractivity contribution is 7.86. The number of benzene rings is 1. The summed E-state index contributed by atoms with van der Waals surface area (Å²) in [5.41, 5.74) is 1.11. The van der Waals surface area contributed by atoms with Crippen molar-refractivity contribution in [3.63, 3.8) is 0 Å². The molecule has 0 bridgehead atoms. The van der Waals surface area contributed by atoms with Crippen molar-refractivity contribution in [2.75, 3.05) is 6.26 Å². The van der Waals surface area contributed by atoms with E-state index >= 15 is 0 Å². The lowest BCUT2D eigenvalue weighted by Gasteiger charge is -2.09. The van der Waals surface area contributed by atoms with Crippen molar-refractivity contribution >= 4 is 10.1 Å². The molecule has 0 heterocycles. The molecule has 0 spiro atoms. The summed E-state index contributed by atoms with van der Waals surface area (Å²) in [7, 11) is -3.48. The van der Waals surface area contributed by atoms with Gasteiger partial charge in [-0.15, -0.1) is 6.42 Å². The van der Waals surface area contributed by atoms with Crippen molar-refractivity contribution in [2.45, 2.75) is 18.9 Å². The van der Waals surface area contributed by atoms with Gasteiger partial charge in [-0.05, 0) is 18.4 Å². The zero-order valence-corrected chi connectivity index (χ0v) is 9.91. The maximum Gasteiger partial charge on any atom is 0.265 e. The SMILES string of the molecule is C#CC(CCc1ccccc1)OS(C)(=O)=O. The van der Waals surface area contributed by atoms with Crippen LogP contribution in [0.1, 0.15) is 12.0 Å². The fraction of sp³-hybridized carbons (Fsp3) is 0.333. The van der Waals surface area contributed by atoms with E-state index in [1.165, 1.54) is 0 Å². The molecule has 0 aliphatic heterocycles. The molecule has 0 aliphatic rings. The highest BCUT2D eigenvalue weighted by Crippen LogP contribution is 2.08. The fourth-order valence-electron chi connectivity index (χ4n) is 1.31. The molecular formula is C12H14O3S. The van der Waals surface area contributed by atoms with Crippen molar-refractivity contribution in [3.05, 3.63) is 35.9 Å². The van der Waals surface area contributed by atoms with Gasteiger partial charge in [0, 0.05) is 0 Å². The largest absolute Gasteiger partial charge is 0.265 e. The first-order valence-electron chi connectivity index (χ1n) is 4.89. The molecule has 1 atom stereocenters. The van der Waals surface area contributed by atoms with Crippen LogP contribution in [0, 0.1) is 12.3 Å². The third-order valence-electron chi connectivity index (χ3n) is 2.01. The lowest BCUT2D eigenvalue weighted by molar-refractivity contribution is 0.257. The van der Waals surface area contributed by atoms with Gasteiger partial charge in [0.25, 0.3) is 10.1 Å². The van der Waals surface area contributed by atoms with Crippen LogP contribution < -0.4 is 0 Å². The zero-order valence-electron chi connectivity index (χ0n) is 9.09. The van der Waals surface area contributed by atoms with Crippen LogP contribution >= 0.6 is 0 Å². The highest BCUT2D eigenvalue weighted by atomic mass is 32.2. The minimum Gasteiger partial charge on any atom is -0.254 e. The summed E-state index contributed by atoms with van der Waals surface area (Å²) in [6.45, 7) is 0. The zero-order chi connectivity index (χ0) is 12.0. The van der Waals surface area contributed by atoms with Crippen LogP contribution in [0.4, 0.5) is 0 Å². The highest BCUT2D eigenvalue weighted by Gasteiger charge is 2.12. The van der Waals surface area contributed by atoms with Crippen LogP contribution in [-0.4, -0.2) is 20.8 Å². The first-order valence-corrected chi connectivity index (χ1v) is 6.71. The van der Waals surface area contributed by atoms with Gasteiger partial charge in [0.05, 0.1) is 6.26 Å². The van der Waals surface area contributed by atoms with E-state index < -0.39 is 16.2 Å². The van der Waals surface area contributed by atoms with Crippen LogP contribution in [0.2, 0.25) is 0 Å². The fourth-order valence-corrected chi connectivity index (χ4v) is 1.89. The van der Waals surface area contributed by atoms with Gasteiger partial charge in [-0.25, -0.2) is 0 Å². The summed E-state index contributed by atoms with van der Waals surface area (Å²) < 4.78 is 26.5. The van der Waals surface area contributed by atoms with E-state index in [2.05, 4.69) is 5.92 Å². The van der Waals surface area contributed by atoms with E-state index in [0.29, 0.717) is 12.8 Å². The van der Waals surface area contributed by atoms with E-state index in [9.17, 15) is 8.42 Å². The second-order valence-corrected chi connectivity index (χ2v) is 5.08. The van der Waals surface area contributed by atoms with Crippen molar-refractivity contribution in [1.82, 2.24) is 0 Å². The molecule has 1 aromatic rings. The van der Waals surface area contributed by atoms with E-state index in [1.807, 2.05) is 30.3 Å². The molecule has 4 heteroatoms. The molecule has 0 aromatic heterocycles. The number of aryl methyl sites for hydroxylation is 1. The summed E-state index contributed by atoms with van der Waals surface area (Å²) in [4.78, 5) is 0. The van der Waals surface area contributed by atoms with Crippen LogP contribution in [0.25, 0.3) is 0 Å². The summed E-state index contributed by atoms with van der Waals surface area (Å²) in [6.07, 6.45) is 6.71. The molecule has 1 aromatic carbocycles. The van der Waals surface area contributed by atoms with Gasteiger partial charge in [0.2, 0.25) is 0 Å². The summed E-state index contributed by atoms with van der Waals surface area (Å²) >= 11 is 0. The normalized spacial score (nSPS) is 13.0. The molecule has 0 saturated heterocycles. The smallest absolute Gasteiger partial charge is 0.254 e. The number of rotatable bonds is 5. The minimum atomic E-state index is -3.48. The van der Waals surface area contributed by atoms with Gasteiger partial charge >= 0.3 is 0 Å². The Kier molecular flexibility index (Phi) is 4.53. The van der Waals surface area contributed by atoms with E-state index in [-0.39, 0.29) is 0 Å². The van der Waals surface area contributed by atoms with Crippen LogP contribution in [0.3, 0.4) is 0 Å². The molecule has 3 nitrogen and oxygen atoms in total. The van der Waals surface area contributed by atoms with Crippen molar-refractivity contribution < 1.29 is 12.6 Å². The Morgan fingerprint density at radius 1 is 1.38 bits per heavy atom. The second-order valence-electron chi connectivity index (χ2n) is 3.48. The third-order valence-corrected chi connectivity index (χ3v) is 2.60. The summed E-state index contributed by atoms with van der Waals surface area (Å²) in [5.74, 6) is 2.33. The van der Waals surface area contributed by atoms with Gasteiger partial charge in [0.15, 0.2) is 0 Å². The molecule has 86 valence electrons. The molecule has 0 aliphatic carbocycles. The molecule has 0 N–H and O–H groups in total. The monoisotopic (exact) mass is 238 g/mol. The van der Waals surface area contributed by atoms with Crippen LogP contribution in [-0.2, 0) is 20.7 Å². The lowest BCUT2D eigenvalue weighted by Crippen LogP contribution is -2.16. The first-order chi connectivity index (χ1) is 7.51. The summed E-state index contributed by atoms with van der Waals surface area (Å²) in [6, 6.07) is 9.71. The van der Waals surface area contributed by atoms with E-state index in [1.54, 1.807) is 0 Å². The van der Waals surface area contributed by atoms with E-state index in [4.69, 9.17) is 10.6 Å². The number of hydrogen-bond donors (Lipinski definition) is 0. The average molecular weight is 238 g/mol. The Labute approximate surface area is 96.6 Å². The predicted molar refractivity (Wildman–Crippen MR) is 63.3 cm³/mol. The van der Waals surface area contributed by atoms with Crippen molar-refractivity contribution in [3.8, 4) is 12.3 Å². The molecule has 0 radical (unpaired) electrons. The second kappa shape index (κ2) is 5.69. The van der Waals surface area contributed by atoms with Crippen molar-refractivity contribution in [2.24, 2.45) is 0 Å². The van der Waals surface area contributed by atoms with Gasteiger partial charge in [-0.1, -0.05) is 36.3 Å². The van der Waals surface area contributed by atoms with E-state index in [0.717, 1.165) is 11.8 Å². The Hall–Kier alpha value is -1.31. The van der Waals surface area contributed by atoms with Crippen molar-refractivity contribution in [1.29, 1.82) is 0 Å². The maximum absolute atomic E-state index is 10.9. The number of terminal acetylenes is 1. The Morgan fingerprint density at radius 2 is 2.00 bits per heavy atom. The molecular weight excluding hydrogens is 224 g/mol. The maximum atomic E-state index is 10.9.